The Morgan fingerprint density at radius 1 is 1.19 bits per heavy atom. The molecule has 3 N–H and O–H groups in total. The Hall–Kier alpha value is -2.40. The van der Waals surface area contributed by atoms with Crippen LogP contribution in [0.15, 0.2) is 36.5 Å². The van der Waals surface area contributed by atoms with Crippen LogP contribution in [-0.2, 0) is 0 Å². The summed E-state index contributed by atoms with van der Waals surface area (Å²) in [6, 6.07) is 8.50. The molecule has 0 aliphatic rings. The van der Waals surface area contributed by atoms with Crippen LogP contribution in [-0.4, -0.2) is 15.0 Å². The Bertz CT molecular complexity index is 813. The number of hydrogen-bond donors (Lipinski definition) is 2. The van der Waals surface area contributed by atoms with Crippen molar-refractivity contribution in [1.29, 1.82) is 0 Å². The van der Waals surface area contributed by atoms with Gasteiger partial charge >= 0.3 is 0 Å². The van der Waals surface area contributed by atoms with E-state index in [9.17, 15) is 4.39 Å². The van der Waals surface area contributed by atoms with E-state index >= 15 is 0 Å². The van der Waals surface area contributed by atoms with E-state index < -0.39 is 0 Å². The van der Waals surface area contributed by atoms with Crippen LogP contribution in [0.5, 0.6) is 0 Å². The Kier molecular flexibility index (Phi) is 3.35. The minimum Gasteiger partial charge on any atom is -0.368 e. The zero-order valence-corrected chi connectivity index (χ0v) is 11.9. The molecule has 0 spiro atoms. The Morgan fingerprint density at radius 3 is 2.71 bits per heavy atom. The van der Waals surface area contributed by atoms with E-state index in [1.807, 2.05) is 6.07 Å². The van der Waals surface area contributed by atoms with E-state index in [0.29, 0.717) is 27.5 Å². The summed E-state index contributed by atoms with van der Waals surface area (Å²) in [5, 5.41) is 0.492. The number of H-pyrrole nitrogens is 1. The third kappa shape index (κ3) is 2.60. The van der Waals surface area contributed by atoms with E-state index in [1.54, 1.807) is 37.4 Å². The number of hydrogen-bond acceptors (Lipinski definition) is 3. The lowest BCUT2D eigenvalue weighted by molar-refractivity contribution is 0.621. The second-order valence-electron chi connectivity index (χ2n) is 4.67. The predicted octanol–water partition coefficient (Wildman–Crippen LogP) is 3.82. The van der Waals surface area contributed by atoms with Crippen molar-refractivity contribution in [2.75, 3.05) is 5.73 Å². The molecule has 2 aromatic heterocycles. The Balaban J connectivity index is 2.07. The number of halogens is 2. The molecule has 106 valence electrons. The topological polar surface area (TPSA) is 67.6 Å². The zero-order valence-electron chi connectivity index (χ0n) is 11.2. The summed E-state index contributed by atoms with van der Waals surface area (Å²) in [6.07, 6.45) is 1.57. The van der Waals surface area contributed by atoms with Crippen LogP contribution in [0.25, 0.3) is 22.6 Å². The van der Waals surface area contributed by atoms with E-state index in [0.717, 1.165) is 5.69 Å². The average molecular weight is 303 g/mol. The lowest BCUT2D eigenvalue weighted by Gasteiger charge is -2.05. The first-order chi connectivity index (χ1) is 10.0. The van der Waals surface area contributed by atoms with E-state index in [4.69, 9.17) is 17.3 Å². The van der Waals surface area contributed by atoms with Gasteiger partial charge in [0.05, 0.1) is 11.4 Å². The molecule has 0 aliphatic carbocycles. The van der Waals surface area contributed by atoms with Gasteiger partial charge in [0.15, 0.2) is 0 Å². The Labute approximate surface area is 125 Å². The van der Waals surface area contributed by atoms with Crippen molar-refractivity contribution in [2.24, 2.45) is 0 Å². The van der Waals surface area contributed by atoms with Crippen molar-refractivity contribution >= 4 is 17.5 Å². The number of nitrogens with one attached hydrogen (secondary N) is 1. The molecule has 0 saturated heterocycles. The molecule has 0 bridgehead atoms. The second-order valence-corrected chi connectivity index (χ2v) is 5.11. The summed E-state index contributed by atoms with van der Waals surface area (Å²) in [5.74, 6) is -0.108. The molecule has 1 aromatic carbocycles. The van der Waals surface area contributed by atoms with Gasteiger partial charge in [-0.25, -0.2) is 14.4 Å². The van der Waals surface area contributed by atoms with Crippen LogP contribution in [0, 0.1) is 12.7 Å². The zero-order chi connectivity index (χ0) is 15.0. The van der Waals surface area contributed by atoms with Gasteiger partial charge in [-0.15, -0.1) is 0 Å². The third-order valence-electron chi connectivity index (χ3n) is 3.15. The quantitative estimate of drug-likeness (QED) is 0.756. The molecule has 3 rings (SSSR count). The van der Waals surface area contributed by atoms with E-state index in [-0.39, 0.29) is 11.8 Å². The van der Waals surface area contributed by atoms with Crippen LogP contribution < -0.4 is 5.73 Å². The first-order valence-corrected chi connectivity index (χ1v) is 6.66. The summed E-state index contributed by atoms with van der Waals surface area (Å²) in [7, 11) is 0. The molecule has 2 heterocycles. The molecule has 21 heavy (non-hydrogen) atoms. The molecule has 0 amide bonds. The van der Waals surface area contributed by atoms with Crippen molar-refractivity contribution < 1.29 is 4.39 Å². The van der Waals surface area contributed by atoms with Crippen molar-refractivity contribution in [3.63, 3.8) is 0 Å². The third-order valence-corrected chi connectivity index (χ3v) is 3.36. The second kappa shape index (κ2) is 5.18. The van der Waals surface area contributed by atoms with Crippen LogP contribution in [0.1, 0.15) is 5.56 Å². The lowest BCUT2D eigenvalue weighted by atomic mass is 10.1. The molecule has 0 aliphatic heterocycles. The number of nitrogens with two attached hydrogens (primary N) is 1. The molecule has 3 aromatic rings. The highest BCUT2D eigenvalue weighted by Crippen LogP contribution is 2.29. The molecule has 0 fully saturated rings. The maximum atomic E-state index is 14.2. The van der Waals surface area contributed by atoms with Crippen LogP contribution >= 0.6 is 11.6 Å². The summed E-state index contributed by atoms with van der Waals surface area (Å²) < 4.78 is 14.2. The number of nitrogen functional groups attached to an aromatic ring is 1. The fourth-order valence-corrected chi connectivity index (χ4v) is 2.42. The van der Waals surface area contributed by atoms with Gasteiger partial charge in [-0.05, 0) is 42.8 Å². The fraction of sp³-hybridized carbons (Fsp3) is 0.0667. The van der Waals surface area contributed by atoms with Crippen molar-refractivity contribution in [3.8, 4) is 22.6 Å². The number of rotatable bonds is 2. The average Bonchev–Trinajstić information content (AvgIpc) is 2.92. The standard InChI is InChI=1S/C15H12ClFN4/c1-8-6-9(16)7-10(14(8)17)11-2-3-12(20-11)13-4-5-19-15(18)21-13/h2-7,20H,1H3,(H2,18,19,21). The van der Waals surface area contributed by atoms with Crippen molar-refractivity contribution in [3.05, 3.63) is 52.9 Å². The minimum absolute atomic E-state index is 0.188. The normalized spacial score (nSPS) is 10.8. The van der Waals surface area contributed by atoms with Crippen LogP contribution in [0.4, 0.5) is 10.3 Å². The van der Waals surface area contributed by atoms with Crippen LogP contribution in [0.3, 0.4) is 0 Å². The fourth-order valence-electron chi connectivity index (χ4n) is 2.15. The largest absolute Gasteiger partial charge is 0.368 e. The minimum atomic E-state index is -0.296. The van der Waals surface area contributed by atoms with E-state index in [1.165, 1.54) is 0 Å². The monoisotopic (exact) mass is 302 g/mol. The first-order valence-electron chi connectivity index (χ1n) is 6.28. The van der Waals surface area contributed by atoms with Crippen molar-refractivity contribution in [2.45, 2.75) is 6.92 Å². The molecule has 0 atom stereocenters. The predicted molar refractivity (Wildman–Crippen MR) is 81.4 cm³/mol. The number of nitrogens with zero attached hydrogens (tertiary/aromatic N) is 2. The highest BCUT2D eigenvalue weighted by Gasteiger charge is 2.12. The Morgan fingerprint density at radius 2 is 1.95 bits per heavy atom. The smallest absolute Gasteiger partial charge is 0.220 e. The molecule has 6 heteroatoms. The van der Waals surface area contributed by atoms with Gasteiger partial charge in [0, 0.05) is 22.5 Å². The van der Waals surface area contributed by atoms with Gasteiger partial charge in [0.1, 0.15) is 5.82 Å². The molecule has 0 saturated carbocycles. The summed E-state index contributed by atoms with van der Waals surface area (Å²) >= 11 is 6.00. The summed E-state index contributed by atoms with van der Waals surface area (Å²) in [6.45, 7) is 1.68. The van der Waals surface area contributed by atoms with Gasteiger partial charge < -0.3 is 10.7 Å². The van der Waals surface area contributed by atoms with Crippen molar-refractivity contribution in [1.82, 2.24) is 15.0 Å². The van der Waals surface area contributed by atoms with Gasteiger partial charge in [0.2, 0.25) is 5.95 Å². The summed E-state index contributed by atoms with van der Waals surface area (Å²) in [4.78, 5) is 11.1. The summed E-state index contributed by atoms with van der Waals surface area (Å²) in [5.41, 5.74) is 8.50. The molecule has 0 radical (unpaired) electrons. The van der Waals surface area contributed by atoms with Gasteiger partial charge in [-0.2, -0.15) is 0 Å². The number of aryl methyl sites for hydroxylation is 1. The first kappa shape index (κ1) is 13.6. The SMILES string of the molecule is Cc1cc(Cl)cc(-c2ccc(-c3ccnc(N)n3)[nH]2)c1F. The van der Waals surface area contributed by atoms with Crippen LogP contribution in [0.2, 0.25) is 5.02 Å². The van der Waals surface area contributed by atoms with Gasteiger partial charge in [0.25, 0.3) is 0 Å². The molecular weight excluding hydrogens is 291 g/mol. The van der Waals surface area contributed by atoms with Gasteiger partial charge in [-0.1, -0.05) is 11.6 Å². The lowest BCUT2D eigenvalue weighted by Crippen LogP contribution is -1.95. The highest BCUT2D eigenvalue weighted by atomic mass is 35.5. The number of aromatic nitrogens is 3. The van der Waals surface area contributed by atoms with Gasteiger partial charge in [-0.3, -0.25) is 0 Å². The molecular formula is C15H12ClFN4. The number of benzene rings is 1. The van der Waals surface area contributed by atoms with E-state index in [2.05, 4.69) is 15.0 Å². The number of anilines is 1. The highest BCUT2D eigenvalue weighted by molar-refractivity contribution is 6.31. The number of aromatic amines is 1. The maximum absolute atomic E-state index is 14.2. The molecule has 4 nitrogen and oxygen atoms in total. The maximum Gasteiger partial charge on any atom is 0.220 e. The molecule has 0 unspecified atom stereocenters.